The molecule has 6 nitrogen and oxygen atoms in total. The van der Waals surface area contributed by atoms with Gasteiger partial charge in [0.1, 0.15) is 0 Å². The number of rotatable bonds is 7. The molecule has 0 fully saturated rings. The monoisotopic (exact) mass is 232 g/mol. The van der Waals surface area contributed by atoms with E-state index in [9.17, 15) is 14.7 Å². The van der Waals surface area contributed by atoms with Crippen LogP contribution in [-0.2, 0) is 9.59 Å². The summed E-state index contributed by atoms with van der Waals surface area (Å²) in [7, 11) is 0. The Bertz CT molecular complexity index is 243. The molecule has 0 aliphatic heterocycles. The van der Waals surface area contributed by atoms with Gasteiger partial charge in [-0.05, 0) is 12.8 Å². The van der Waals surface area contributed by atoms with E-state index in [1.54, 1.807) is 0 Å². The Morgan fingerprint density at radius 1 is 1.38 bits per heavy atom. The van der Waals surface area contributed by atoms with Gasteiger partial charge < -0.3 is 21.3 Å². The van der Waals surface area contributed by atoms with Crippen LogP contribution in [0.3, 0.4) is 0 Å². The Balaban J connectivity index is 4.45. The average molecular weight is 232 g/mol. The number of aliphatic hydroxyl groups is 1. The second-order valence-corrected chi connectivity index (χ2v) is 3.84. The van der Waals surface area contributed by atoms with E-state index in [0.29, 0.717) is 12.8 Å². The van der Waals surface area contributed by atoms with Gasteiger partial charge in [0.25, 0.3) is 0 Å². The number of carboxylic acid groups (broad SMARTS) is 1. The summed E-state index contributed by atoms with van der Waals surface area (Å²) in [5, 5.41) is 20.3. The highest BCUT2D eigenvalue weighted by Gasteiger charge is 2.29. The molecule has 0 aliphatic rings. The van der Waals surface area contributed by atoms with E-state index >= 15 is 0 Å². The number of carboxylic acids is 1. The molecule has 0 aromatic carbocycles. The molecule has 0 aliphatic carbocycles. The van der Waals surface area contributed by atoms with Crippen LogP contribution in [-0.4, -0.2) is 40.3 Å². The molecule has 0 saturated carbocycles. The van der Waals surface area contributed by atoms with Gasteiger partial charge in [-0.3, -0.25) is 9.59 Å². The molecule has 0 aromatic rings. The Morgan fingerprint density at radius 2 is 1.88 bits per heavy atom. The van der Waals surface area contributed by atoms with Crippen LogP contribution in [0.15, 0.2) is 0 Å². The topological polar surface area (TPSA) is 113 Å². The van der Waals surface area contributed by atoms with Gasteiger partial charge in [0.2, 0.25) is 5.91 Å². The normalized spacial score (nSPS) is 13.2. The molecule has 1 atom stereocenters. The van der Waals surface area contributed by atoms with Gasteiger partial charge in [-0.1, -0.05) is 13.8 Å². The quantitative estimate of drug-likeness (QED) is 0.470. The molecule has 0 rings (SSSR count). The van der Waals surface area contributed by atoms with Crippen molar-refractivity contribution in [1.82, 2.24) is 5.32 Å². The molecule has 0 spiro atoms. The Kier molecular flexibility index (Phi) is 5.98. The fourth-order valence-electron chi connectivity index (χ4n) is 1.32. The Hall–Kier alpha value is -1.14. The zero-order chi connectivity index (χ0) is 12.8. The second kappa shape index (κ2) is 6.44. The first-order chi connectivity index (χ1) is 7.40. The van der Waals surface area contributed by atoms with Gasteiger partial charge in [0, 0.05) is 0 Å². The second-order valence-electron chi connectivity index (χ2n) is 3.84. The molecule has 0 aromatic heterocycles. The summed E-state index contributed by atoms with van der Waals surface area (Å²) in [5.74, 6) is -1.66. The largest absolute Gasteiger partial charge is 0.481 e. The number of carbonyl (C=O) groups excluding carboxylic acids is 1. The lowest BCUT2D eigenvalue weighted by Crippen LogP contribution is -2.55. The fourth-order valence-corrected chi connectivity index (χ4v) is 1.32. The molecule has 1 unspecified atom stereocenters. The van der Waals surface area contributed by atoms with Crippen molar-refractivity contribution in [3.8, 4) is 0 Å². The van der Waals surface area contributed by atoms with Gasteiger partial charge in [-0.15, -0.1) is 0 Å². The van der Waals surface area contributed by atoms with Crippen molar-refractivity contribution < 1.29 is 19.8 Å². The molecular formula is C10H20N2O4. The average Bonchev–Trinajstić information content (AvgIpc) is 2.25. The van der Waals surface area contributed by atoms with Gasteiger partial charge in [0.05, 0.1) is 24.6 Å². The van der Waals surface area contributed by atoms with Gasteiger partial charge in [0.15, 0.2) is 0 Å². The van der Waals surface area contributed by atoms with Gasteiger partial charge in [-0.2, -0.15) is 0 Å². The lowest BCUT2D eigenvalue weighted by molar-refractivity contribution is -0.139. The van der Waals surface area contributed by atoms with Crippen molar-refractivity contribution in [2.24, 2.45) is 5.73 Å². The molecule has 0 heterocycles. The molecule has 0 bridgehead atoms. The van der Waals surface area contributed by atoms with Crippen LogP contribution in [0.2, 0.25) is 0 Å². The summed E-state index contributed by atoms with van der Waals surface area (Å²) in [5.41, 5.74) is 4.71. The summed E-state index contributed by atoms with van der Waals surface area (Å²) < 4.78 is 0. The number of amides is 1. The van der Waals surface area contributed by atoms with Crippen molar-refractivity contribution >= 4 is 11.9 Å². The lowest BCUT2D eigenvalue weighted by atomic mass is 9.93. The minimum Gasteiger partial charge on any atom is -0.481 e. The summed E-state index contributed by atoms with van der Waals surface area (Å²) in [6.45, 7) is 3.48. The molecular weight excluding hydrogens is 212 g/mol. The van der Waals surface area contributed by atoms with Gasteiger partial charge >= 0.3 is 5.97 Å². The SMILES string of the molecule is CCC(CC)(CO)NC(=O)C(N)CC(=O)O. The smallest absolute Gasteiger partial charge is 0.305 e. The van der Waals surface area contributed by atoms with E-state index in [0.717, 1.165) is 0 Å². The molecule has 0 radical (unpaired) electrons. The minimum absolute atomic E-state index is 0.189. The minimum atomic E-state index is -1.12. The Morgan fingerprint density at radius 3 is 2.19 bits per heavy atom. The van der Waals surface area contributed by atoms with Crippen LogP contribution in [0.1, 0.15) is 33.1 Å². The highest BCUT2D eigenvalue weighted by atomic mass is 16.4. The maximum Gasteiger partial charge on any atom is 0.305 e. The standard InChI is InChI=1S/C10H20N2O4/c1-3-10(4-2,6-13)12-9(16)7(11)5-8(14)15/h7,13H,3-6,11H2,1-2H3,(H,12,16)(H,14,15). The molecule has 6 heteroatoms. The number of nitrogens with one attached hydrogen (secondary N) is 1. The van der Waals surface area contributed by atoms with E-state index in [1.807, 2.05) is 13.8 Å². The maximum absolute atomic E-state index is 11.6. The van der Waals surface area contributed by atoms with Crippen molar-refractivity contribution in [2.75, 3.05) is 6.61 Å². The first-order valence-corrected chi connectivity index (χ1v) is 5.31. The van der Waals surface area contributed by atoms with E-state index in [2.05, 4.69) is 5.32 Å². The van der Waals surface area contributed by atoms with Crippen molar-refractivity contribution in [3.05, 3.63) is 0 Å². The third-order valence-corrected chi connectivity index (χ3v) is 2.78. The molecule has 5 N–H and O–H groups in total. The number of carbonyl (C=O) groups is 2. The number of aliphatic carboxylic acids is 1. The Labute approximate surface area is 94.8 Å². The van der Waals surface area contributed by atoms with E-state index in [4.69, 9.17) is 10.8 Å². The predicted octanol–water partition coefficient (Wildman–Crippen LogP) is -0.544. The predicted molar refractivity (Wildman–Crippen MR) is 58.8 cm³/mol. The van der Waals surface area contributed by atoms with Crippen molar-refractivity contribution in [2.45, 2.75) is 44.7 Å². The number of aliphatic hydroxyl groups excluding tert-OH is 1. The molecule has 94 valence electrons. The highest BCUT2D eigenvalue weighted by Crippen LogP contribution is 2.14. The summed E-state index contributed by atoms with van der Waals surface area (Å²) in [4.78, 5) is 21.9. The van der Waals surface area contributed by atoms with E-state index < -0.39 is 29.9 Å². The van der Waals surface area contributed by atoms with Gasteiger partial charge in [-0.25, -0.2) is 0 Å². The lowest BCUT2D eigenvalue weighted by Gasteiger charge is -2.31. The fraction of sp³-hybridized carbons (Fsp3) is 0.800. The third-order valence-electron chi connectivity index (χ3n) is 2.78. The van der Waals surface area contributed by atoms with Crippen LogP contribution in [0.4, 0.5) is 0 Å². The number of hydrogen-bond donors (Lipinski definition) is 4. The molecule has 1 amide bonds. The van der Waals surface area contributed by atoms with Crippen LogP contribution in [0.25, 0.3) is 0 Å². The molecule has 16 heavy (non-hydrogen) atoms. The first-order valence-electron chi connectivity index (χ1n) is 5.31. The van der Waals surface area contributed by atoms with E-state index in [1.165, 1.54) is 0 Å². The number of nitrogens with two attached hydrogens (primary N) is 1. The van der Waals surface area contributed by atoms with Crippen LogP contribution < -0.4 is 11.1 Å². The zero-order valence-electron chi connectivity index (χ0n) is 9.69. The summed E-state index contributed by atoms with van der Waals surface area (Å²) >= 11 is 0. The van der Waals surface area contributed by atoms with Crippen LogP contribution in [0.5, 0.6) is 0 Å². The van der Waals surface area contributed by atoms with Crippen LogP contribution in [0, 0.1) is 0 Å². The summed E-state index contributed by atoms with van der Waals surface area (Å²) in [6.07, 6.45) is 0.706. The maximum atomic E-state index is 11.6. The van der Waals surface area contributed by atoms with Crippen LogP contribution >= 0.6 is 0 Å². The first kappa shape index (κ1) is 14.9. The van der Waals surface area contributed by atoms with Crippen molar-refractivity contribution in [1.29, 1.82) is 0 Å². The third kappa shape index (κ3) is 4.16. The molecule has 0 saturated heterocycles. The summed E-state index contributed by atoms with van der Waals surface area (Å²) in [6, 6.07) is -1.08. The van der Waals surface area contributed by atoms with Crippen molar-refractivity contribution in [3.63, 3.8) is 0 Å². The zero-order valence-corrected chi connectivity index (χ0v) is 9.69. The number of hydrogen-bond acceptors (Lipinski definition) is 4. The highest BCUT2D eigenvalue weighted by molar-refractivity contribution is 5.86. The van der Waals surface area contributed by atoms with E-state index in [-0.39, 0.29) is 6.61 Å².